The first-order valence-electron chi connectivity index (χ1n) is 4.94. The average Bonchev–Trinajstić information content (AvgIpc) is 2.67. The van der Waals surface area contributed by atoms with Crippen molar-refractivity contribution in [1.82, 2.24) is 4.90 Å². The van der Waals surface area contributed by atoms with E-state index in [-0.39, 0.29) is 11.9 Å². The number of hydrogen-bond donors (Lipinski definition) is 2. The fourth-order valence-electron chi connectivity index (χ4n) is 1.86. The molecule has 1 aliphatic heterocycles. The molecule has 7 heteroatoms. The van der Waals surface area contributed by atoms with Gasteiger partial charge in [0, 0.05) is 19.5 Å². The highest BCUT2D eigenvalue weighted by atomic mass is 32.2. The molecule has 0 radical (unpaired) electrons. The molecule has 1 fully saturated rings. The zero-order valence-corrected chi connectivity index (χ0v) is 9.85. The van der Waals surface area contributed by atoms with E-state index in [0.29, 0.717) is 18.6 Å². The highest BCUT2D eigenvalue weighted by Crippen LogP contribution is 2.25. The van der Waals surface area contributed by atoms with Gasteiger partial charge in [0.05, 0.1) is 18.6 Å². The van der Waals surface area contributed by atoms with Crippen LogP contribution in [0, 0.1) is 0 Å². The summed E-state index contributed by atoms with van der Waals surface area (Å²) in [7, 11) is 1.30. The number of carbonyl (C=O) groups excluding carboxylic acids is 2. The highest BCUT2D eigenvalue weighted by Gasteiger charge is 2.40. The van der Waals surface area contributed by atoms with Gasteiger partial charge in [-0.3, -0.25) is 14.5 Å². The van der Waals surface area contributed by atoms with Crippen LogP contribution in [0.15, 0.2) is 0 Å². The summed E-state index contributed by atoms with van der Waals surface area (Å²) in [6.07, 6.45) is -0.256. The molecule has 0 aliphatic carbocycles. The van der Waals surface area contributed by atoms with Crippen molar-refractivity contribution in [1.29, 1.82) is 0 Å². The van der Waals surface area contributed by atoms with Crippen LogP contribution >= 0.6 is 11.8 Å². The summed E-state index contributed by atoms with van der Waals surface area (Å²) in [4.78, 5) is 23.7. The lowest BCUT2D eigenvalue weighted by Crippen LogP contribution is -2.45. The fraction of sp³-hybridized carbons (Fsp3) is 0.778. The number of methoxy groups -OCH3 is 1. The Morgan fingerprint density at radius 3 is 3.00 bits per heavy atom. The molecule has 1 rings (SSSR count). The Morgan fingerprint density at radius 2 is 2.50 bits per heavy atom. The smallest absolute Gasteiger partial charge is 0.323 e. The molecule has 0 saturated carbocycles. The molecule has 0 amide bonds. The van der Waals surface area contributed by atoms with Crippen molar-refractivity contribution in [2.75, 3.05) is 20.2 Å². The zero-order chi connectivity index (χ0) is 12.1. The molecule has 6 nitrogen and oxygen atoms in total. The normalized spacial score (nSPS) is 27.7. The molecular weight excluding hydrogens is 232 g/mol. The van der Waals surface area contributed by atoms with Crippen molar-refractivity contribution < 1.29 is 19.4 Å². The molecule has 0 bridgehead atoms. The molecule has 3 unspecified atom stereocenters. The molecule has 92 valence electrons. The van der Waals surface area contributed by atoms with Gasteiger partial charge in [-0.1, -0.05) is 11.8 Å². The lowest BCUT2D eigenvalue weighted by atomic mass is 10.2. The zero-order valence-electron chi connectivity index (χ0n) is 9.04. The number of thioether (sulfide) groups is 1. The predicted octanol–water partition coefficient (Wildman–Crippen LogP) is -1.20. The van der Waals surface area contributed by atoms with Gasteiger partial charge in [0.25, 0.3) is 0 Å². The summed E-state index contributed by atoms with van der Waals surface area (Å²) in [6.45, 7) is 0.575. The number of aliphatic hydroxyl groups is 1. The van der Waals surface area contributed by atoms with Crippen LogP contribution in [-0.2, 0) is 14.3 Å². The standard InChI is InChI=1S/C9H16N2O4S/c1-15-9(14)7-2-6(13)4-11(7)8(3-10)16-5-12/h5-8,13H,2-4,10H2,1H3. The quantitative estimate of drug-likeness (QED) is 0.466. The number of hydrogen-bond acceptors (Lipinski definition) is 7. The van der Waals surface area contributed by atoms with E-state index >= 15 is 0 Å². The van der Waals surface area contributed by atoms with Crippen LogP contribution in [0.25, 0.3) is 0 Å². The number of esters is 1. The molecule has 3 atom stereocenters. The first kappa shape index (κ1) is 13.4. The van der Waals surface area contributed by atoms with Gasteiger partial charge >= 0.3 is 5.97 Å². The number of ether oxygens (including phenoxy) is 1. The van der Waals surface area contributed by atoms with E-state index in [1.165, 1.54) is 7.11 Å². The van der Waals surface area contributed by atoms with Crippen LogP contribution in [-0.4, -0.2) is 59.3 Å². The average molecular weight is 248 g/mol. The molecular formula is C9H16N2O4S. The van der Waals surface area contributed by atoms with Gasteiger partial charge in [0.1, 0.15) is 6.04 Å². The number of likely N-dealkylation sites (tertiary alicyclic amines) is 1. The fourth-order valence-corrected chi connectivity index (χ4v) is 2.49. The lowest BCUT2D eigenvalue weighted by Gasteiger charge is -2.28. The maximum atomic E-state index is 11.5. The summed E-state index contributed by atoms with van der Waals surface area (Å²) in [5.41, 5.74) is 6.22. The molecule has 1 aliphatic rings. The molecule has 3 N–H and O–H groups in total. The van der Waals surface area contributed by atoms with Crippen LogP contribution < -0.4 is 5.73 Å². The number of aliphatic hydroxyl groups excluding tert-OH is 1. The molecule has 1 heterocycles. The largest absolute Gasteiger partial charge is 0.468 e. The van der Waals surface area contributed by atoms with Crippen molar-refractivity contribution in [3.8, 4) is 0 Å². The minimum Gasteiger partial charge on any atom is -0.468 e. The third-order valence-electron chi connectivity index (χ3n) is 2.57. The second-order valence-corrected chi connectivity index (χ2v) is 4.56. The summed E-state index contributed by atoms with van der Waals surface area (Å²) >= 11 is 1.01. The summed E-state index contributed by atoms with van der Waals surface area (Å²) in [5.74, 6) is -0.401. The van der Waals surface area contributed by atoms with Gasteiger partial charge < -0.3 is 15.6 Å². The minimum absolute atomic E-state index is 0.240. The Hall–Kier alpha value is -0.630. The number of rotatable bonds is 5. The third-order valence-corrected chi connectivity index (χ3v) is 3.46. The molecule has 16 heavy (non-hydrogen) atoms. The highest BCUT2D eigenvalue weighted by molar-refractivity contribution is 8.12. The predicted molar refractivity (Wildman–Crippen MR) is 60.3 cm³/mol. The second kappa shape index (κ2) is 6.19. The van der Waals surface area contributed by atoms with E-state index < -0.39 is 18.1 Å². The van der Waals surface area contributed by atoms with E-state index in [1.54, 1.807) is 4.90 Å². The first-order chi connectivity index (χ1) is 7.63. The second-order valence-electron chi connectivity index (χ2n) is 3.55. The monoisotopic (exact) mass is 248 g/mol. The Kier molecular flexibility index (Phi) is 5.20. The van der Waals surface area contributed by atoms with Gasteiger partial charge in [-0.2, -0.15) is 0 Å². The topological polar surface area (TPSA) is 92.9 Å². The van der Waals surface area contributed by atoms with Crippen molar-refractivity contribution in [3.05, 3.63) is 0 Å². The molecule has 0 aromatic carbocycles. The van der Waals surface area contributed by atoms with E-state index in [2.05, 4.69) is 4.74 Å². The lowest BCUT2D eigenvalue weighted by molar-refractivity contribution is -0.146. The van der Waals surface area contributed by atoms with Gasteiger partial charge in [0.2, 0.25) is 0 Å². The van der Waals surface area contributed by atoms with E-state index in [4.69, 9.17) is 5.73 Å². The van der Waals surface area contributed by atoms with Gasteiger partial charge in [-0.05, 0) is 0 Å². The maximum Gasteiger partial charge on any atom is 0.323 e. The van der Waals surface area contributed by atoms with Crippen molar-refractivity contribution in [3.63, 3.8) is 0 Å². The van der Waals surface area contributed by atoms with Gasteiger partial charge in [-0.25, -0.2) is 0 Å². The van der Waals surface area contributed by atoms with Gasteiger partial charge in [0.15, 0.2) is 5.62 Å². The number of nitrogens with zero attached hydrogens (tertiary/aromatic N) is 1. The number of carbonyl (C=O) groups is 2. The summed E-state index contributed by atoms with van der Waals surface area (Å²) in [6, 6.07) is -0.513. The SMILES string of the molecule is COC(=O)C1CC(O)CN1C(CN)SC=O. The van der Waals surface area contributed by atoms with Crippen LogP contribution in [0.4, 0.5) is 0 Å². The third kappa shape index (κ3) is 2.94. The van der Waals surface area contributed by atoms with Crippen molar-refractivity contribution in [2.24, 2.45) is 5.73 Å². The Morgan fingerprint density at radius 1 is 1.81 bits per heavy atom. The van der Waals surface area contributed by atoms with Crippen LogP contribution in [0.2, 0.25) is 0 Å². The molecule has 1 saturated heterocycles. The molecule has 0 aromatic heterocycles. The van der Waals surface area contributed by atoms with Crippen molar-refractivity contribution in [2.45, 2.75) is 23.9 Å². The summed E-state index contributed by atoms with van der Waals surface area (Å²) in [5, 5.41) is 9.25. The van der Waals surface area contributed by atoms with E-state index in [0.717, 1.165) is 11.8 Å². The number of β-amino-alcohol motifs (C(OH)–C–C–N with tert-alkyl or cyclic N) is 1. The Balaban J connectivity index is 2.74. The van der Waals surface area contributed by atoms with E-state index in [1.807, 2.05) is 0 Å². The van der Waals surface area contributed by atoms with Crippen LogP contribution in [0.5, 0.6) is 0 Å². The maximum absolute atomic E-state index is 11.5. The Bertz CT molecular complexity index is 264. The van der Waals surface area contributed by atoms with Gasteiger partial charge in [-0.15, -0.1) is 0 Å². The summed E-state index contributed by atoms with van der Waals surface area (Å²) < 4.78 is 4.66. The minimum atomic E-state index is -0.578. The van der Waals surface area contributed by atoms with Crippen LogP contribution in [0.1, 0.15) is 6.42 Å². The van der Waals surface area contributed by atoms with E-state index in [9.17, 15) is 14.7 Å². The molecule has 0 spiro atoms. The molecule has 0 aromatic rings. The van der Waals surface area contributed by atoms with Crippen molar-refractivity contribution >= 4 is 23.3 Å². The number of nitrogens with two attached hydrogens (primary N) is 1. The first-order valence-corrected chi connectivity index (χ1v) is 5.89. The van der Waals surface area contributed by atoms with Crippen LogP contribution in [0.3, 0.4) is 0 Å². The Labute approximate surface area is 98.1 Å².